The van der Waals surface area contributed by atoms with Crippen LogP contribution in [0.5, 0.6) is 0 Å². The van der Waals surface area contributed by atoms with Crippen molar-refractivity contribution < 1.29 is 34.5 Å². The van der Waals surface area contributed by atoms with Crippen molar-refractivity contribution in [2.45, 2.75) is 67.2 Å². The van der Waals surface area contributed by atoms with E-state index in [-0.39, 0.29) is 54.5 Å². The predicted octanol–water partition coefficient (Wildman–Crippen LogP) is 5.29. The Kier molecular flexibility index (Phi) is 10.3. The Labute approximate surface area is 165 Å². The van der Waals surface area contributed by atoms with Gasteiger partial charge in [0.05, 0.1) is 5.78 Å². The molecule has 0 aromatic rings. The number of hydrogen-bond donors (Lipinski definition) is 1. The monoisotopic (exact) mass is 523 g/mol. The largest absolute Gasteiger partial charge is 1.00 e. The molecule has 1 radical (unpaired) electrons. The van der Waals surface area contributed by atoms with E-state index >= 15 is 0 Å². The van der Waals surface area contributed by atoms with Crippen LogP contribution in [0.15, 0.2) is 34.6 Å². The number of Topliss-reactive ketones (excluding diaryl/α,β-unsaturated/α-hetero) is 2. The van der Waals surface area contributed by atoms with Crippen LogP contribution in [0.1, 0.15) is 67.2 Å². The summed E-state index contributed by atoms with van der Waals surface area (Å²) in [6.07, 6.45) is 6.32. The summed E-state index contributed by atoms with van der Waals surface area (Å²) in [7, 11) is 0. The first kappa shape index (κ1) is 23.9. The smallest absolute Gasteiger partial charge is 0.531 e. The van der Waals surface area contributed by atoms with Gasteiger partial charge in [0.25, 0.3) is 0 Å². The predicted molar refractivity (Wildman–Crippen MR) is 98.6 cm³/mol. The summed E-state index contributed by atoms with van der Waals surface area (Å²) >= 11 is 0. The van der Waals surface area contributed by atoms with Gasteiger partial charge < -0.3 is 14.7 Å². The molecule has 141 valence electrons. The topological polar surface area (TPSA) is 54.4 Å². The van der Waals surface area contributed by atoms with Gasteiger partial charge in [0.15, 0.2) is 0 Å². The zero-order valence-corrected chi connectivity index (χ0v) is 18.8. The standard InChI is InChI=1S/C21H31O3.Os/c1-13(2)8-7-9-16-17(11-10-14(3)4)21(24)19(20(16)23)18(22)12-15(5)6;/h8,10,15,17,24H,7,9,11-12H2,1-6H3;/q-1;+1. The molecular weight excluding hydrogens is 490 g/mol. The van der Waals surface area contributed by atoms with Crippen molar-refractivity contribution in [3.8, 4) is 0 Å². The van der Waals surface area contributed by atoms with Gasteiger partial charge in [-0.1, -0.05) is 43.6 Å². The van der Waals surface area contributed by atoms with Gasteiger partial charge in [0.2, 0.25) is 0 Å². The van der Waals surface area contributed by atoms with E-state index in [2.05, 4.69) is 6.08 Å². The zero-order chi connectivity index (χ0) is 18.4. The molecule has 3 nitrogen and oxygen atoms in total. The van der Waals surface area contributed by atoms with Gasteiger partial charge in [-0.05, 0) is 64.4 Å². The van der Waals surface area contributed by atoms with Crippen molar-refractivity contribution in [2.24, 2.45) is 11.8 Å². The quantitative estimate of drug-likeness (QED) is 0.268. The number of hydrogen-bond acceptors (Lipinski definition) is 3. The van der Waals surface area contributed by atoms with E-state index in [0.717, 1.165) is 12.0 Å². The van der Waals surface area contributed by atoms with E-state index in [0.29, 0.717) is 25.2 Å². The molecule has 1 aliphatic rings. The second-order valence-corrected chi connectivity index (χ2v) is 7.53. The number of aliphatic hydroxyl groups excluding tert-OH is 1. The van der Waals surface area contributed by atoms with Crippen molar-refractivity contribution in [2.75, 3.05) is 0 Å². The summed E-state index contributed by atoms with van der Waals surface area (Å²) in [5.41, 5.74) is 2.37. The molecule has 0 aromatic heterocycles. The fourth-order valence-corrected chi connectivity index (χ4v) is 2.93. The van der Waals surface area contributed by atoms with Crippen LogP contribution in [-0.4, -0.2) is 16.7 Å². The Hall–Kier alpha value is -1.13. The Balaban J connectivity index is 0.00000576. The molecule has 1 aliphatic carbocycles. The first-order chi connectivity index (χ1) is 11.1. The number of carbonyl (C=O) groups excluding carboxylic acids is 2. The fourth-order valence-electron chi connectivity index (χ4n) is 2.93. The van der Waals surface area contributed by atoms with Crippen LogP contribution in [0.3, 0.4) is 0 Å². The van der Waals surface area contributed by atoms with Crippen LogP contribution in [0.2, 0.25) is 0 Å². The molecule has 0 aliphatic heterocycles. The maximum absolute atomic E-state index is 12.8. The molecule has 0 amide bonds. The zero-order valence-electron chi connectivity index (χ0n) is 16.3. The molecule has 0 bridgehead atoms. The van der Waals surface area contributed by atoms with Gasteiger partial charge in [0.1, 0.15) is 0 Å². The van der Waals surface area contributed by atoms with Crippen LogP contribution in [0.25, 0.3) is 0 Å². The van der Waals surface area contributed by atoms with Crippen molar-refractivity contribution in [1.82, 2.24) is 0 Å². The second-order valence-electron chi connectivity index (χ2n) is 7.53. The van der Waals surface area contributed by atoms with Gasteiger partial charge in [-0.25, -0.2) is 0 Å². The van der Waals surface area contributed by atoms with Crippen LogP contribution >= 0.6 is 0 Å². The molecule has 1 unspecified atom stereocenters. The normalized spacial score (nSPS) is 16.8. The first-order valence-corrected chi connectivity index (χ1v) is 8.78. The Bertz CT molecular complexity index is 574. The number of aliphatic hydroxyl groups is 1. The van der Waals surface area contributed by atoms with Crippen LogP contribution < -0.4 is 0 Å². The van der Waals surface area contributed by atoms with Crippen molar-refractivity contribution in [1.29, 1.82) is 0 Å². The molecule has 25 heavy (non-hydrogen) atoms. The summed E-state index contributed by atoms with van der Waals surface area (Å²) < 4.78 is 0. The fraction of sp³-hybridized carbons (Fsp3) is 0.571. The van der Waals surface area contributed by atoms with E-state index in [1.807, 2.05) is 47.6 Å². The minimum Gasteiger partial charge on any atom is -0.531 e. The van der Waals surface area contributed by atoms with E-state index in [4.69, 9.17) is 0 Å². The minimum atomic E-state index is -0.343. The van der Waals surface area contributed by atoms with Crippen LogP contribution in [-0.2, 0) is 29.4 Å². The molecule has 1 rings (SSSR count). The molecule has 0 saturated heterocycles. The Morgan fingerprint density at radius 2 is 1.72 bits per heavy atom. The molecule has 1 N–H and O–H groups in total. The van der Waals surface area contributed by atoms with Gasteiger partial charge in [0, 0.05) is 11.5 Å². The van der Waals surface area contributed by atoms with Crippen molar-refractivity contribution >= 4 is 11.6 Å². The van der Waals surface area contributed by atoms with Gasteiger partial charge in [-0.2, -0.15) is 5.92 Å². The molecule has 0 heterocycles. The van der Waals surface area contributed by atoms with Gasteiger partial charge in [-0.3, -0.25) is 0 Å². The summed E-state index contributed by atoms with van der Waals surface area (Å²) in [6.45, 7) is 11.9. The Morgan fingerprint density at radius 1 is 1.16 bits per heavy atom. The maximum Gasteiger partial charge on any atom is 1.00 e. The molecule has 4 heteroatoms. The molecule has 0 fully saturated rings. The molecule has 1 atom stereocenters. The minimum absolute atomic E-state index is 0. The third-order valence-corrected chi connectivity index (χ3v) is 4.13. The molecule has 0 saturated carbocycles. The Morgan fingerprint density at radius 3 is 2.20 bits per heavy atom. The number of ketones is 2. The van der Waals surface area contributed by atoms with E-state index in [1.165, 1.54) is 5.57 Å². The van der Waals surface area contributed by atoms with Crippen LogP contribution in [0, 0.1) is 17.8 Å². The summed E-state index contributed by atoms with van der Waals surface area (Å²) in [5.74, 6) is 0.00460. The molecule has 0 aromatic carbocycles. The van der Waals surface area contributed by atoms with Gasteiger partial charge in [-0.15, -0.1) is 0 Å². The summed E-state index contributed by atoms with van der Waals surface area (Å²) in [4.78, 5) is 25.2. The summed E-state index contributed by atoms with van der Waals surface area (Å²) in [6, 6.07) is 0. The van der Waals surface area contributed by atoms with Gasteiger partial charge >= 0.3 is 19.8 Å². The molecule has 0 spiro atoms. The number of rotatable bonds is 8. The first-order valence-electron chi connectivity index (χ1n) is 8.78. The van der Waals surface area contributed by atoms with Crippen molar-refractivity contribution in [3.63, 3.8) is 0 Å². The van der Waals surface area contributed by atoms with Crippen molar-refractivity contribution in [3.05, 3.63) is 40.5 Å². The second kappa shape index (κ2) is 10.8. The average molecular weight is 522 g/mol. The van der Waals surface area contributed by atoms with E-state index in [9.17, 15) is 14.7 Å². The average Bonchev–Trinajstić information content (AvgIpc) is 2.66. The van der Waals surface area contributed by atoms with E-state index in [1.54, 1.807) is 0 Å². The summed E-state index contributed by atoms with van der Waals surface area (Å²) in [5, 5.41) is 10.6. The molecular formula is C21H31O3Os. The third-order valence-electron chi connectivity index (χ3n) is 4.13. The third kappa shape index (κ3) is 6.94. The van der Waals surface area contributed by atoms with E-state index < -0.39 is 0 Å². The number of allylic oxidation sites excluding steroid dienone is 6. The maximum atomic E-state index is 12.8. The number of carbonyl (C=O) groups is 2. The SMILES string of the molecule is CC(C)=CCC[C-]1C(=O)C(C(=O)CC(C)C)=C(O)C1CC=C(C)C.[Os+]. The van der Waals surface area contributed by atoms with Crippen LogP contribution in [0.4, 0.5) is 0 Å².